The van der Waals surface area contributed by atoms with Crippen molar-refractivity contribution in [3.8, 4) is 0 Å². The van der Waals surface area contributed by atoms with Crippen molar-refractivity contribution in [3.05, 3.63) is 42.2 Å². The van der Waals surface area contributed by atoms with E-state index in [1.165, 1.54) is 0 Å². The van der Waals surface area contributed by atoms with Crippen LogP contribution in [0.3, 0.4) is 0 Å². The lowest BCUT2D eigenvalue weighted by atomic mass is 9.92. The average molecular weight is 377 g/mol. The first-order chi connectivity index (χ1) is 12.9. The van der Waals surface area contributed by atoms with Crippen LogP contribution in [-0.2, 0) is 19.0 Å². The third-order valence-corrected chi connectivity index (χ3v) is 4.55. The first kappa shape index (κ1) is 21.5. The first-order valence-corrected chi connectivity index (χ1v) is 9.61. The molecule has 1 aliphatic heterocycles. The molecule has 1 aromatic heterocycles. The summed E-state index contributed by atoms with van der Waals surface area (Å²) < 4.78 is 18.3. The Hall–Kier alpha value is -1.76. The van der Waals surface area contributed by atoms with E-state index in [2.05, 4.69) is 11.9 Å². The van der Waals surface area contributed by atoms with Crippen LogP contribution in [0.25, 0.3) is 0 Å². The maximum atomic E-state index is 10.6. The largest absolute Gasteiger partial charge is 0.481 e. The van der Waals surface area contributed by atoms with Gasteiger partial charge in [0.25, 0.3) is 0 Å². The van der Waals surface area contributed by atoms with E-state index in [4.69, 9.17) is 19.3 Å². The van der Waals surface area contributed by atoms with Crippen LogP contribution in [0, 0.1) is 5.92 Å². The third-order valence-electron chi connectivity index (χ3n) is 4.55. The summed E-state index contributed by atoms with van der Waals surface area (Å²) in [6.45, 7) is 7.25. The fourth-order valence-corrected chi connectivity index (χ4v) is 3.06. The van der Waals surface area contributed by atoms with Crippen molar-refractivity contribution in [2.45, 2.75) is 64.4 Å². The second-order valence-electron chi connectivity index (χ2n) is 7.36. The molecule has 1 N–H and O–H groups in total. The average Bonchev–Trinajstić information content (AvgIpc) is 2.66. The summed E-state index contributed by atoms with van der Waals surface area (Å²) >= 11 is 0. The Morgan fingerprint density at radius 3 is 2.93 bits per heavy atom. The van der Waals surface area contributed by atoms with E-state index >= 15 is 0 Å². The van der Waals surface area contributed by atoms with Crippen molar-refractivity contribution < 1.29 is 24.1 Å². The molecule has 0 radical (unpaired) electrons. The van der Waals surface area contributed by atoms with E-state index in [1.54, 1.807) is 6.20 Å². The lowest BCUT2D eigenvalue weighted by Gasteiger charge is -2.42. The standard InChI is InChI=1S/C21H31NO5/c1-4-13-26-21(2,3)20-25-15-17(9-6-5-7-11-18(23)24)19(27-20)16-10-8-12-22-14-16/h5-6,8,10,12,14,17,19-20H,4,7,9,11,13,15H2,1-3H3,(H,23,24)/b6-5-. The van der Waals surface area contributed by atoms with Gasteiger partial charge in [-0.05, 0) is 44.7 Å². The van der Waals surface area contributed by atoms with Gasteiger partial charge in [-0.25, -0.2) is 0 Å². The summed E-state index contributed by atoms with van der Waals surface area (Å²) in [6.07, 6.45) is 9.26. The first-order valence-electron chi connectivity index (χ1n) is 9.61. The maximum absolute atomic E-state index is 10.6. The number of ether oxygens (including phenoxy) is 3. The van der Waals surface area contributed by atoms with Crippen LogP contribution in [0.15, 0.2) is 36.7 Å². The highest BCUT2D eigenvalue weighted by atomic mass is 16.7. The summed E-state index contributed by atoms with van der Waals surface area (Å²) in [7, 11) is 0. The molecule has 6 nitrogen and oxygen atoms in total. The number of hydrogen-bond acceptors (Lipinski definition) is 5. The third kappa shape index (κ3) is 6.72. The molecule has 0 saturated carbocycles. The van der Waals surface area contributed by atoms with Gasteiger partial charge < -0.3 is 19.3 Å². The van der Waals surface area contributed by atoms with Gasteiger partial charge in [-0.3, -0.25) is 9.78 Å². The van der Waals surface area contributed by atoms with Gasteiger partial charge in [-0.1, -0.05) is 25.1 Å². The van der Waals surface area contributed by atoms with Crippen LogP contribution in [0.1, 0.15) is 58.1 Å². The minimum Gasteiger partial charge on any atom is -0.481 e. The molecule has 3 atom stereocenters. The predicted molar refractivity (Wildman–Crippen MR) is 102 cm³/mol. The van der Waals surface area contributed by atoms with Crippen LogP contribution < -0.4 is 0 Å². The summed E-state index contributed by atoms with van der Waals surface area (Å²) in [5.74, 6) is -0.650. The molecule has 0 aliphatic carbocycles. The Labute approximate surface area is 161 Å². The second kappa shape index (κ2) is 10.5. The van der Waals surface area contributed by atoms with E-state index in [-0.39, 0.29) is 18.4 Å². The van der Waals surface area contributed by atoms with Crippen molar-refractivity contribution in [2.24, 2.45) is 5.92 Å². The molecule has 2 rings (SSSR count). The van der Waals surface area contributed by atoms with Crippen molar-refractivity contribution in [3.63, 3.8) is 0 Å². The topological polar surface area (TPSA) is 77.9 Å². The van der Waals surface area contributed by atoms with Crippen LogP contribution >= 0.6 is 0 Å². The summed E-state index contributed by atoms with van der Waals surface area (Å²) in [5.41, 5.74) is 0.472. The molecule has 1 aliphatic rings. The number of aliphatic carboxylic acids is 1. The number of carboxylic acid groups (broad SMARTS) is 1. The molecule has 2 heterocycles. The Kier molecular flexibility index (Phi) is 8.41. The van der Waals surface area contributed by atoms with Gasteiger partial charge >= 0.3 is 5.97 Å². The van der Waals surface area contributed by atoms with E-state index < -0.39 is 17.9 Å². The van der Waals surface area contributed by atoms with E-state index in [0.29, 0.717) is 19.6 Å². The van der Waals surface area contributed by atoms with Gasteiger partial charge in [-0.2, -0.15) is 0 Å². The van der Waals surface area contributed by atoms with Gasteiger partial charge in [0.15, 0.2) is 6.29 Å². The molecule has 27 heavy (non-hydrogen) atoms. The number of aromatic nitrogens is 1. The second-order valence-corrected chi connectivity index (χ2v) is 7.36. The van der Waals surface area contributed by atoms with Crippen molar-refractivity contribution in [1.82, 2.24) is 4.98 Å². The molecule has 3 unspecified atom stereocenters. The molecule has 1 saturated heterocycles. The molecule has 0 aromatic carbocycles. The van der Waals surface area contributed by atoms with Crippen LogP contribution in [-0.4, -0.2) is 41.2 Å². The fraction of sp³-hybridized carbons (Fsp3) is 0.619. The summed E-state index contributed by atoms with van der Waals surface area (Å²) in [4.78, 5) is 14.8. The van der Waals surface area contributed by atoms with Crippen molar-refractivity contribution in [2.75, 3.05) is 13.2 Å². The Morgan fingerprint density at radius 1 is 1.44 bits per heavy atom. The van der Waals surface area contributed by atoms with Crippen LogP contribution in [0.4, 0.5) is 0 Å². The molecule has 0 spiro atoms. The summed E-state index contributed by atoms with van der Waals surface area (Å²) in [5, 5.41) is 8.73. The van der Waals surface area contributed by atoms with Gasteiger partial charge in [0.05, 0.1) is 12.7 Å². The van der Waals surface area contributed by atoms with Crippen LogP contribution in [0.5, 0.6) is 0 Å². The number of carbonyl (C=O) groups is 1. The molecule has 1 aromatic rings. The molecule has 6 heteroatoms. The van der Waals surface area contributed by atoms with Crippen molar-refractivity contribution >= 4 is 5.97 Å². The van der Waals surface area contributed by atoms with Crippen molar-refractivity contribution in [1.29, 1.82) is 0 Å². The lowest BCUT2D eigenvalue weighted by Crippen LogP contribution is -2.48. The Balaban J connectivity index is 2.05. The van der Waals surface area contributed by atoms with Gasteiger partial charge in [0.2, 0.25) is 0 Å². The highest BCUT2D eigenvalue weighted by Gasteiger charge is 2.41. The zero-order valence-electron chi connectivity index (χ0n) is 16.5. The number of hydrogen-bond donors (Lipinski definition) is 1. The quantitative estimate of drug-likeness (QED) is 0.618. The van der Waals surface area contributed by atoms with E-state index in [1.807, 2.05) is 44.3 Å². The Morgan fingerprint density at radius 2 is 2.26 bits per heavy atom. The highest BCUT2D eigenvalue weighted by Crippen LogP contribution is 2.38. The number of rotatable bonds is 10. The zero-order valence-corrected chi connectivity index (χ0v) is 16.5. The smallest absolute Gasteiger partial charge is 0.303 e. The molecule has 0 bridgehead atoms. The minimum atomic E-state index is -0.783. The SMILES string of the molecule is CCCOC(C)(C)C1OCC(C/C=C\CCC(=O)O)C(c2cccnc2)O1. The fourth-order valence-electron chi connectivity index (χ4n) is 3.06. The Bertz CT molecular complexity index is 602. The lowest BCUT2D eigenvalue weighted by molar-refractivity contribution is -0.303. The maximum Gasteiger partial charge on any atom is 0.303 e. The zero-order chi connectivity index (χ0) is 19.7. The molecular formula is C21H31NO5. The van der Waals surface area contributed by atoms with Gasteiger partial charge in [0, 0.05) is 31.3 Å². The molecular weight excluding hydrogens is 346 g/mol. The number of allylic oxidation sites excluding steroid dienone is 2. The molecule has 0 amide bonds. The van der Waals surface area contributed by atoms with Crippen LogP contribution in [0.2, 0.25) is 0 Å². The normalized spacial score (nSPS) is 23.6. The van der Waals surface area contributed by atoms with E-state index in [9.17, 15) is 4.79 Å². The number of pyridine rings is 1. The number of carboxylic acids is 1. The molecule has 1 fully saturated rings. The minimum absolute atomic E-state index is 0.133. The predicted octanol–water partition coefficient (Wildman–Crippen LogP) is 4.13. The molecule has 150 valence electrons. The van der Waals surface area contributed by atoms with E-state index in [0.717, 1.165) is 18.4 Å². The van der Waals surface area contributed by atoms with Gasteiger partial charge in [0.1, 0.15) is 5.60 Å². The summed E-state index contributed by atoms with van der Waals surface area (Å²) in [6, 6.07) is 3.92. The number of nitrogens with zero attached hydrogens (tertiary/aromatic N) is 1. The highest BCUT2D eigenvalue weighted by molar-refractivity contribution is 5.66. The monoisotopic (exact) mass is 377 g/mol. The van der Waals surface area contributed by atoms with Gasteiger partial charge in [-0.15, -0.1) is 0 Å².